The van der Waals surface area contributed by atoms with E-state index in [-0.39, 0.29) is 54.7 Å². The van der Waals surface area contributed by atoms with E-state index in [4.69, 9.17) is 51.7 Å². The minimum Gasteiger partial charge on any atom is -0.467 e. The Labute approximate surface area is 329 Å². The van der Waals surface area contributed by atoms with Gasteiger partial charge in [0.15, 0.2) is 5.78 Å². The fourth-order valence-corrected chi connectivity index (χ4v) is 6.53. The average Bonchev–Trinajstić information content (AvgIpc) is 3.63. The molecule has 18 heteroatoms. The van der Waals surface area contributed by atoms with Crippen molar-refractivity contribution in [3.05, 3.63) is 81.7 Å². The molecule has 1 heterocycles. The number of unbranched alkanes of at least 4 members (excludes halogenated alkanes) is 3. The summed E-state index contributed by atoms with van der Waals surface area (Å²) in [5, 5.41) is 8.45. The molecule has 15 nitrogen and oxygen atoms in total. The van der Waals surface area contributed by atoms with Crippen molar-refractivity contribution >= 4 is 68.7 Å². The van der Waals surface area contributed by atoms with Gasteiger partial charge in [0.1, 0.15) is 10.7 Å². The molecule has 0 aliphatic rings. The number of carbonyl (C=O) groups excluding carboxylic acids is 5. The predicted molar refractivity (Wildman–Crippen MR) is 202 cm³/mol. The maximum atomic E-state index is 13.1. The molecule has 0 radical (unpaired) electrons. The van der Waals surface area contributed by atoms with Crippen molar-refractivity contribution in [3.8, 4) is 0 Å². The second-order valence-electron chi connectivity index (χ2n) is 13.2. The van der Waals surface area contributed by atoms with Gasteiger partial charge in [0.2, 0.25) is 16.8 Å². The van der Waals surface area contributed by atoms with Crippen LogP contribution >= 0.6 is 23.2 Å². The van der Waals surface area contributed by atoms with E-state index in [1.165, 1.54) is 23.3 Å². The molecule has 3 N–H and O–H groups in total. The van der Waals surface area contributed by atoms with Gasteiger partial charge >= 0.3 is 24.0 Å². The van der Waals surface area contributed by atoms with Gasteiger partial charge in [0.05, 0.1) is 61.2 Å². The van der Waals surface area contributed by atoms with Crippen molar-refractivity contribution in [1.29, 1.82) is 0 Å². The zero-order chi connectivity index (χ0) is 40.8. The molecule has 1 aromatic heterocycles. The number of hydrogen-bond donors (Lipinski definition) is 2. The van der Waals surface area contributed by atoms with E-state index in [2.05, 4.69) is 5.32 Å². The third-order valence-electron chi connectivity index (χ3n) is 7.90. The zero-order valence-corrected chi connectivity index (χ0v) is 33.3. The lowest BCUT2D eigenvalue weighted by molar-refractivity contribution is -0.156. The summed E-state index contributed by atoms with van der Waals surface area (Å²) in [5.74, 6) is -1.97. The van der Waals surface area contributed by atoms with Crippen molar-refractivity contribution in [3.63, 3.8) is 0 Å². The van der Waals surface area contributed by atoms with Gasteiger partial charge in [-0.15, -0.1) is 0 Å². The lowest BCUT2D eigenvalue weighted by Crippen LogP contribution is -2.53. The summed E-state index contributed by atoms with van der Waals surface area (Å²) < 4.78 is 49.8. The Kier molecular flexibility index (Phi) is 17.0. The van der Waals surface area contributed by atoms with Gasteiger partial charge < -0.3 is 28.7 Å². The molecule has 1 unspecified atom stereocenters. The molecule has 0 saturated heterocycles. The van der Waals surface area contributed by atoms with Gasteiger partial charge in [0.25, 0.3) is 0 Å². The van der Waals surface area contributed by atoms with Gasteiger partial charge in [-0.05, 0) is 89.8 Å². The molecule has 0 aliphatic heterocycles. The maximum absolute atomic E-state index is 13.1. The quantitative estimate of drug-likeness (QED) is 0.0391. The number of esters is 3. The minimum atomic E-state index is -4.22. The highest BCUT2D eigenvalue weighted by Gasteiger charge is 2.36. The number of nitrogens with two attached hydrogens (primary N) is 1. The van der Waals surface area contributed by atoms with Crippen LogP contribution in [0.2, 0.25) is 10.0 Å². The third kappa shape index (κ3) is 14.5. The van der Waals surface area contributed by atoms with Crippen molar-refractivity contribution < 1.29 is 55.8 Å². The Balaban J connectivity index is 1.32. The fraction of sp³-hybridized carbons (Fsp3) is 0.432. The Bertz CT molecular complexity index is 1910. The Morgan fingerprint density at radius 1 is 0.873 bits per heavy atom. The van der Waals surface area contributed by atoms with Crippen LogP contribution in [0.1, 0.15) is 92.7 Å². The summed E-state index contributed by atoms with van der Waals surface area (Å²) in [6.45, 7) is 6.36. The predicted octanol–water partition coefficient (Wildman–Crippen LogP) is 6.90. The summed E-state index contributed by atoms with van der Waals surface area (Å²) in [5.41, 5.74) is -0.338. The molecule has 300 valence electrons. The normalized spacial score (nSPS) is 12.0. The Morgan fingerprint density at radius 3 is 2.13 bits per heavy atom. The van der Waals surface area contributed by atoms with Gasteiger partial charge in [-0.3, -0.25) is 19.3 Å². The second-order valence-corrected chi connectivity index (χ2v) is 15.6. The van der Waals surface area contributed by atoms with Crippen LogP contribution in [-0.4, -0.2) is 74.7 Å². The van der Waals surface area contributed by atoms with Crippen LogP contribution in [0.25, 0.3) is 0 Å². The molecular formula is C37H45Cl2N3O12S. The summed E-state index contributed by atoms with van der Waals surface area (Å²) >= 11 is 12.1. The molecule has 0 aliphatic carbocycles. The molecule has 1 amide bonds. The van der Waals surface area contributed by atoms with Crippen LogP contribution in [0, 0.1) is 0 Å². The number of hydrogen-bond acceptors (Lipinski definition) is 13. The molecule has 0 bridgehead atoms. The number of ether oxygens (including phenoxy) is 4. The Hall–Kier alpha value is -4.64. The number of Topliss-reactive ketones (excluding diaryl/α,β-unsaturated/α-hetero) is 1. The topological polar surface area (TPSA) is 211 Å². The molecule has 0 saturated carbocycles. The van der Waals surface area contributed by atoms with E-state index in [0.29, 0.717) is 42.0 Å². The molecular weight excluding hydrogens is 781 g/mol. The number of amides is 1. The molecule has 3 rings (SSSR count). The Morgan fingerprint density at radius 2 is 1.53 bits per heavy atom. The number of nitrogens with zero attached hydrogens (tertiary/aromatic N) is 1. The summed E-state index contributed by atoms with van der Waals surface area (Å²) in [6.07, 6.45) is 2.31. The van der Waals surface area contributed by atoms with E-state index in [9.17, 15) is 32.4 Å². The minimum absolute atomic E-state index is 0.0371. The van der Waals surface area contributed by atoms with Crippen molar-refractivity contribution in [2.75, 3.05) is 25.3 Å². The number of halogens is 2. The first kappa shape index (κ1) is 44.8. The van der Waals surface area contributed by atoms with Crippen molar-refractivity contribution in [2.24, 2.45) is 5.14 Å². The lowest BCUT2D eigenvalue weighted by Gasteiger charge is -2.38. The fourth-order valence-electron chi connectivity index (χ4n) is 5.25. The van der Waals surface area contributed by atoms with Crippen molar-refractivity contribution in [1.82, 2.24) is 4.90 Å². The first-order valence-corrected chi connectivity index (χ1v) is 19.6. The number of ketones is 1. The van der Waals surface area contributed by atoms with Crippen LogP contribution in [0.5, 0.6) is 0 Å². The second kappa shape index (κ2) is 20.9. The highest BCUT2D eigenvalue weighted by Crippen LogP contribution is 2.30. The highest BCUT2D eigenvalue weighted by molar-refractivity contribution is 7.89. The molecule has 3 aromatic rings. The van der Waals surface area contributed by atoms with Gasteiger partial charge in [-0.25, -0.2) is 23.1 Å². The first-order chi connectivity index (χ1) is 25.9. The monoisotopic (exact) mass is 825 g/mol. The molecule has 1 atom stereocenters. The number of primary sulfonamides is 1. The largest absolute Gasteiger partial charge is 0.467 e. The van der Waals surface area contributed by atoms with E-state index in [1.807, 2.05) is 0 Å². The first-order valence-electron chi connectivity index (χ1n) is 17.2. The summed E-state index contributed by atoms with van der Waals surface area (Å²) in [6, 6.07) is 11.2. The number of benzene rings is 2. The number of anilines is 1. The van der Waals surface area contributed by atoms with Crippen LogP contribution in [-0.2, 0) is 45.1 Å². The van der Waals surface area contributed by atoms with Crippen LogP contribution < -0.4 is 10.5 Å². The third-order valence-corrected chi connectivity index (χ3v) is 9.51. The standard InChI is InChI=1S/C37H45Cl2N3O12S/c1-24(34(45)25-11-9-12-26(38)19-25)42(37(2,3)4)36(47)54-23-53-33(44)15-14-32(43)51-16-7-5-6-8-17-52-35(46)28-20-31(55(40,48)49)29(39)21-30(28)41-22-27-13-10-18-50-27/h9-13,18-21,24,41H,5-8,14-17,22-23H2,1-4H3,(H2,40,48,49). The SMILES string of the molecule is CC(C(=O)c1cccc(Cl)c1)N(C(=O)OCOC(=O)CCC(=O)OCCCCCCOC(=O)c1cc(S(N)(=O)=O)c(Cl)cc1NCc1ccco1)C(C)(C)C. The van der Waals surface area contributed by atoms with Crippen LogP contribution in [0.15, 0.2) is 64.1 Å². The van der Waals surface area contributed by atoms with Gasteiger partial charge in [-0.1, -0.05) is 35.3 Å². The smallest absolute Gasteiger partial charge is 0.413 e. The van der Waals surface area contributed by atoms with E-state index in [0.717, 1.165) is 6.07 Å². The molecule has 0 fully saturated rings. The number of nitrogens with one attached hydrogen (secondary N) is 1. The number of sulfonamides is 1. The van der Waals surface area contributed by atoms with Gasteiger partial charge in [-0.2, -0.15) is 0 Å². The number of furan rings is 1. The molecule has 0 spiro atoms. The average molecular weight is 827 g/mol. The number of carbonyl (C=O) groups is 5. The summed E-state index contributed by atoms with van der Waals surface area (Å²) in [7, 11) is -4.22. The van der Waals surface area contributed by atoms with E-state index >= 15 is 0 Å². The maximum Gasteiger partial charge on any atom is 0.413 e. The molecule has 2 aromatic carbocycles. The van der Waals surface area contributed by atoms with Crippen molar-refractivity contribution in [2.45, 2.75) is 89.2 Å². The van der Waals surface area contributed by atoms with E-state index in [1.54, 1.807) is 58.0 Å². The summed E-state index contributed by atoms with van der Waals surface area (Å²) in [4.78, 5) is 64.0. The van der Waals surface area contributed by atoms with Crippen LogP contribution in [0.4, 0.5) is 10.5 Å². The number of rotatable bonds is 20. The van der Waals surface area contributed by atoms with Crippen LogP contribution in [0.3, 0.4) is 0 Å². The highest BCUT2D eigenvalue weighted by atomic mass is 35.5. The molecule has 55 heavy (non-hydrogen) atoms. The van der Waals surface area contributed by atoms with E-state index < -0.39 is 57.3 Å². The van der Waals surface area contributed by atoms with Gasteiger partial charge in [0, 0.05) is 16.1 Å². The zero-order valence-electron chi connectivity index (χ0n) is 30.9. The lowest BCUT2D eigenvalue weighted by atomic mass is 9.98.